The molecule has 2 aromatic carbocycles. The zero-order valence-electron chi connectivity index (χ0n) is 14.9. The average Bonchev–Trinajstić information content (AvgIpc) is 2.63. The number of amides is 1. The van der Waals surface area contributed by atoms with Crippen molar-refractivity contribution in [2.24, 2.45) is 0 Å². The Morgan fingerprint density at radius 2 is 1.85 bits per heavy atom. The number of hydrogen-bond donors (Lipinski definition) is 1. The van der Waals surface area contributed by atoms with Gasteiger partial charge in [0.25, 0.3) is 5.91 Å². The number of benzene rings is 2. The van der Waals surface area contributed by atoms with Crippen LogP contribution in [0.25, 0.3) is 0 Å². The van der Waals surface area contributed by atoms with Gasteiger partial charge in [-0.15, -0.1) is 0 Å². The molecular formula is C20H22FNO4. The van der Waals surface area contributed by atoms with Crippen LogP contribution in [0.15, 0.2) is 42.5 Å². The highest BCUT2D eigenvalue weighted by Crippen LogP contribution is 2.16. The second-order valence-corrected chi connectivity index (χ2v) is 5.83. The molecule has 0 aliphatic carbocycles. The SMILES string of the molecule is CCCCOc1ccc(C(=O)OCC(=O)Nc2ccc(C)cc2F)cc1. The van der Waals surface area contributed by atoms with Crippen LogP contribution >= 0.6 is 0 Å². The Morgan fingerprint density at radius 3 is 2.50 bits per heavy atom. The average molecular weight is 359 g/mol. The van der Waals surface area contributed by atoms with Crippen molar-refractivity contribution in [3.63, 3.8) is 0 Å². The first kappa shape index (κ1) is 19.4. The summed E-state index contributed by atoms with van der Waals surface area (Å²) in [4.78, 5) is 23.8. The third-order valence-electron chi connectivity index (χ3n) is 3.59. The van der Waals surface area contributed by atoms with Gasteiger partial charge >= 0.3 is 5.97 Å². The lowest BCUT2D eigenvalue weighted by molar-refractivity contribution is -0.119. The van der Waals surface area contributed by atoms with Gasteiger partial charge in [-0.3, -0.25) is 4.79 Å². The highest BCUT2D eigenvalue weighted by molar-refractivity contribution is 5.95. The van der Waals surface area contributed by atoms with Gasteiger partial charge < -0.3 is 14.8 Å². The zero-order valence-corrected chi connectivity index (χ0v) is 14.9. The summed E-state index contributed by atoms with van der Waals surface area (Å²) in [6.07, 6.45) is 2.00. The summed E-state index contributed by atoms with van der Waals surface area (Å²) in [5.74, 6) is -1.11. The number of ether oxygens (including phenoxy) is 2. The van der Waals surface area contributed by atoms with E-state index < -0.39 is 24.3 Å². The van der Waals surface area contributed by atoms with Gasteiger partial charge in [0, 0.05) is 0 Å². The molecule has 0 spiro atoms. The van der Waals surface area contributed by atoms with Crippen LogP contribution in [-0.4, -0.2) is 25.1 Å². The van der Waals surface area contributed by atoms with Gasteiger partial charge in [-0.2, -0.15) is 0 Å². The molecule has 0 aromatic heterocycles. The van der Waals surface area contributed by atoms with Gasteiger partial charge in [0.15, 0.2) is 6.61 Å². The van der Waals surface area contributed by atoms with E-state index in [1.165, 1.54) is 12.1 Å². The van der Waals surface area contributed by atoms with Crippen LogP contribution in [0.1, 0.15) is 35.7 Å². The third-order valence-corrected chi connectivity index (χ3v) is 3.59. The van der Waals surface area contributed by atoms with E-state index in [1.807, 2.05) is 0 Å². The summed E-state index contributed by atoms with van der Waals surface area (Å²) in [7, 11) is 0. The molecule has 138 valence electrons. The van der Waals surface area contributed by atoms with E-state index in [1.54, 1.807) is 37.3 Å². The summed E-state index contributed by atoms with van der Waals surface area (Å²) < 4.78 is 24.2. The molecule has 0 heterocycles. The molecule has 2 aromatic rings. The van der Waals surface area contributed by atoms with Crippen LogP contribution in [-0.2, 0) is 9.53 Å². The smallest absolute Gasteiger partial charge is 0.338 e. The Labute approximate surface area is 152 Å². The summed E-state index contributed by atoms with van der Waals surface area (Å²) in [6.45, 7) is 3.94. The Kier molecular flexibility index (Phi) is 7.14. The summed E-state index contributed by atoms with van der Waals surface area (Å²) in [5, 5.41) is 2.37. The van der Waals surface area contributed by atoms with Crippen molar-refractivity contribution in [3.05, 3.63) is 59.4 Å². The molecule has 1 amide bonds. The molecule has 6 heteroatoms. The maximum atomic E-state index is 13.7. The normalized spacial score (nSPS) is 10.3. The fraction of sp³-hybridized carbons (Fsp3) is 0.300. The maximum Gasteiger partial charge on any atom is 0.338 e. The van der Waals surface area contributed by atoms with E-state index in [2.05, 4.69) is 12.2 Å². The van der Waals surface area contributed by atoms with Crippen molar-refractivity contribution in [1.29, 1.82) is 0 Å². The van der Waals surface area contributed by atoms with E-state index >= 15 is 0 Å². The van der Waals surface area contributed by atoms with Crippen molar-refractivity contribution in [2.45, 2.75) is 26.7 Å². The van der Waals surface area contributed by atoms with Crippen LogP contribution in [0, 0.1) is 12.7 Å². The van der Waals surface area contributed by atoms with Crippen molar-refractivity contribution in [3.8, 4) is 5.75 Å². The second-order valence-electron chi connectivity index (χ2n) is 5.83. The minimum Gasteiger partial charge on any atom is -0.494 e. The standard InChI is InChI=1S/C20H22FNO4/c1-3-4-11-25-16-8-6-15(7-9-16)20(24)26-13-19(23)22-18-10-5-14(2)12-17(18)21/h5-10,12H,3-4,11,13H2,1-2H3,(H,22,23). The first-order valence-corrected chi connectivity index (χ1v) is 8.45. The molecule has 0 aliphatic rings. The van der Waals surface area contributed by atoms with Crippen molar-refractivity contribution < 1.29 is 23.5 Å². The van der Waals surface area contributed by atoms with Crippen LogP contribution in [0.5, 0.6) is 5.75 Å². The van der Waals surface area contributed by atoms with Gasteiger partial charge in [0.2, 0.25) is 0 Å². The molecular weight excluding hydrogens is 337 g/mol. The number of carbonyl (C=O) groups is 2. The number of nitrogens with one attached hydrogen (secondary N) is 1. The van der Waals surface area contributed by atoms with Gasteiger partial charge in [0.05, 0.1) is 17.9 Å². The third kappa shape index (κ3) is 5.88. The Bertz CT molecular complexity index is 759. The van der Waals surface area contributed by atoms with Crippen LogP contribution in [0.4, 0.5) is 10.1 Å². The number of halogens is 1. The molecule has 1 N–H and O–H groups in total. The lowest BCUT2D eigenvalue weighted by Gasteiger charge is -2.09. The Balaban J connectivity index is 1.82. The van der Waals surface area contributed by atoms with Gasteiger partial charge in [0.1, 0.15) is 11.6 Å². The highest BCUT2D eigenvalue weighted by atomic mass is 19.1. The predicted octanol–water partition coefficient (Wildman–Crippen LogP) is 4.11. The Morgan fingerprint density at radius 1 is 1.12 bits per heavy atom. The van der Waals surface area contributed by atoms with Gasteiger partial charge in [-0.25, -0.2) is 9.18 Å². The molecule has 5 nitrogen and oxygen atoms in total. The van der Waals surface area contributed by atoms with Crippen LogP contribution < -0.4 is 10.1 Å². The maximum absolute atomic E-state index is 13.7. The fourth-order valence-electron chi connectivity index (χ4n) is 2.14. The van der Waals surface area contributed by atoms with Crippen molar-refractivity contribution in [1.82, 2.24) is 0 Å². The molecule has 0 bridgehead atoms. The summed E-state index contributed by atoms with van der Waals surface area (Å²) >= 11 is 0. The first-order valence-electron chi connectivity index (χ1n) is 8.45. The molecule has 0 unspecified atom stereocenters. The van der Waals surface area contributed by atoms with Crippen molar-refractivity contribution >= 4 is 17.6 Å². The van der Waals surface area contributed by atoms with E-state index in [4.69, 9.17) is 9.47 Å². The summed E-state index contributed by atoms with van der Waals surface area (Å²) in [5.41, 5.74) is 1.10. The summed E-state index contributed by atoms with van der Waals surface area (Å²) in [6, 6.07) is 10.9. The van der Waals surface area contributed by atoms with Gasteiger partial charge in [-0.05, 0) is 55.3 Å². The number of hydrogen-bond acceptors (Lipinski definition) is 4. The molecule has 26 heavy (non-hydrogen) atoms. The van der Waals surface area contributed by atoms with Crippen molar-refractivity contribution in [2.75, 3.05) is 18.5 Å². The van der Waals surface area contributed by atoms with Crippen LogP contribution in [0.2, 0.25) is 0 Å². The lowest BCUT2D eigenvalue weighted by atomic mass is 10.2. The topological polar surface area (TPSA) is 64.6 Å². The Hall–Kier alpha value is -2.89. The largest absolute Gasteiger partial charge is 0.494 e. The first-order chi connectivity index (χ1) is 12.5. The predicted molar refractivity (Wildman–Crippen MR) is 96.9 cm³/mol. The number of unbranched alkanes of at least 4 members (excludes halogenated alkanes) is 1. The number of anilines is 1. The minimum absolute atomic E-state index is 0.0465. The van der Waals surface area contributed by atoms with Gasteiger partial charge in [-0.1, -0.05) is 19.4 Å². The quantitative estimate of drug-likeness (QED) is 0.569. The van der Waals surface area contributed by atoms with E-state index in [-0.39, 0.29) is 5.69 Å². The van der Waals surface area contributed by atoms with Crippen LogP contribution in [0.3, 0.4) is 0 Å². The fourth-order valence-corrected chi connectivity index (χ4v) is 2.14. The molecule has 0 saturated heterocycles. The molecule has 0 saturated carbocycles. The molecule has 0 aliphatic heterocycles. The van der Waals surface area contributed by atoms with E-state index in [9.17, 15) is 14.0 Å². The lowest BCUT2D eigenvalue weighted by Crippen LogP contribution is -2.21. The zero-order chi connectivity index (χ0) is 18.9. The molecule has 0 radical (unpaired) electrons. The highest BCUT2D eigenvalue weighted by Gasteiger charge is 2.12. The minimum atomic E-state index is -0.635. The second kappa shape index (κ2) is 9.56. The monoisotopic (exact) mass is 359 g/mol. The number of esters is 1. The molecule has 0 fully saturated rings. The number of carbonyl (C=O) groups excluding carboxylic acids is 2. The molecule has 2 rings (SSSR count). The number of rotatable bonds is 8. The van der Waals surface area contributed by atoms with E-state index in [0.29, 0.717) is 17.9 Å². The van der Waals surface area contributed by atoms with E-state index in [0.717, 1.165) is 18.4 Å². The number of aryl methyl sites for hydroxylation is 1. The molecule has 0 atom stereocenters.